The molecule has 2 unspecified atom stereocenters. The van der Waals surface area contributed by atoms with Gasteiger partial charge < -0.3 is 9.80 Å². The van der Waals surface area contributed by atoms with Crippen LogP contribution < -0.4 is 5.32 Å². The molecule has 2 aliphatic rings. The first-order valence-corrected chi connectivity index (χ1v) is 13.7. The maximum Gasteiger partial charge on any atom is 0.325 e. The van der Waals surface area contributed by atoms with Gasteiger partial charge in [-0.3, -0.25) is 10.1 Å². The van der Waals surface area contributed by atoms with E-state index in [9.17, 15) is 9.59 Å². The Morgan fingerprint density at radius 1 is 0.939 bits per heavy atom. The predicted octanol–water partition coefficient (Wildman–Crippen LogP) is 5.43. The zero-order chi connectivity index (χ0) is 23.5. The van der Waals surface area contributed by atoms with Crippen molar-refractivity contribution in [2.45, 2.75) is 89.8 Å². The van der Waals surface area contributed by atoms with Crippen LogP contribution in [0, 0.1) is 0 Å². The van der Waals surface area contributed by atoms with Crippen molar-refractivity contribution in [3.8, 4) is 0 Å². The van der Waals surface area contributed by atoms with E-state index in [1.165, 1.54) is 63.4 Å². The van der Waals surface area contributed by atoms with Crippen molar-refractivity contribution in [1.29, 1.82) is 0 Å². The van der Waals surface area contributed by atoms with Gasteiger partial charge in [0.25, 0.3) is 5.91 Å². The van der Waals surface area contributed by atoms with Crippen LogP contribution >= 0.6 is 11.8 Å². The molecule has 2 heterocycles. The summed E-state index contributed by atoms with van der Waals surface area (Å²) in [4.78, 5) is 33.3. The van der Waals surface area contributed by atoms with E-state index in [1.54, 1.807) is 23.7 Å². The molecule has 0 radical (unpaired) electrons. The molecule has 0 bridgehead atoms. The number of nitrogens with one attached hydrogen (secondary N) is 1. The van der Waals surface area contributed by atoms with Gasteiger partial charge in [-0.15, -0.1) is 0 Å². The van der Waals surface area contributed by atoms with E-state index in [0.29, 0.717) is 6.54 Å². The van der Waals surface area contributed by atoms with Crippen LogP contribution in [0.15, 0.2) is 35.3 Å². The average Bonchev–Trinajstić information content (AvgIpc) is 3.19. The summed E-state index contributed by atoms with van der Waals surface area (Å²) in [7, 11) is 1.72. The van der Waals surface area contributed by atoms with E-state index in [2.05, 4.69) is 29.3 Å². The summed E-state index contributed by atoms with van der Waals surface area (Å²) in [6, 6.07) is 9.50. The van der Waals surface area contributed by atoms with Gasteiger partial charge in [0.2, 0.25) is 0 Å². The van der Waals surface area contributed by atoms with Gasteiger partial charge >= 0.3 is 6.03 Å². The molecule has 7 heteroatoms. The summed E-state index contributed by atoms with van der Waals surface area (Å²) in [6.45, 7) is 2.97. The molecule has 0 aromatic heterocycles. The fourth-order valence-electron chi connectivity index (χ4n) is 4.50. The summed E-state index contributed by atoms with van der Waals surface area (Å²) < 4.78 is 0. The molecule has 2 aliphatic heterocycles. The van der Waals surface area contributed by atoms with Crippen LogP contribution in [0.2, 0.25) is 0 Å². The van der Waals surface area contributed by atoms with Gasteiger partial charge in [0.05, 0.1) is 0 Å². The maximum atomic E-state index is 12.7. The van der Waals surface area contributed by atoms with E-state index in [0.717, 1.165) is 23.8 Å². The Morgan fingerprint density at radius 3 is 2.24 bits per heavy atom. The first-order chi connectivity index (χ1) is 16.1. The normalized spacial score (nSPS) is 20.1. The largest absolute Gasteiger partial charge is 0.335 e. The van der Waals surface area contributed by atoms with Crippen molar-refractivity contribution >= 4 is 28.9 Å². The average molecular weight is 473 g/mol. The van der Waals surface area contributed by atoms with Crippen LogP contribution in [0.3, 0.4) is 0 Å². The molecular weight excluding hydrogens is 432 g/mol. The van der Waals surface area contributed by atoms with Gasteiger partial charge in [-0.2, -0.15) is 0 Å². The Hall–Kier alpha value is -2.02. The molecule has 3 amide bonds. The molecular formula is C26H40N4O2S. The number of rotatable bonds is 14. The van der Waals surface area contributed by atoms with Gasteiger partial charge in [0, 0.05) is 19.3 Å². The third kappa shape index (κ3) is 7.49. The van der Waals surface area contributed by atoms with Gasteiger partial charge in [-0.25, -0.2) is 9.79 Å². The standard InChI is InChI=1S/C26H40N4O2S/c1-3-4-5-6-7-8-9-10-11-15-20-33-26-27-23-22(24(31)28-25(32)29(23)2)30(26)19-18-21-16-13-12-14-17-21/h12-14,16-17,22-23H,3-11,15,18-20H2,1-2H3,(H,28,31,32). The zero-order valence-corrected chi connectivity index (χ0v) is 21.1. The van der Waals surface area contributed by atoms with Gasteiger partial charge in [-0.1, -0.05) is 107 Å². The molecule has 6 nitrogen and oxygen atoms in total. The summed E-state index contributed by atoms with van der Waals surface area (Å²) >= 11 is 1.73. The first-order valence-electron chi connectivity index (χ1n) is 12.7. The molecule has 33 heavy (non-hydrogen) atoms. The molecule has 1 fully saturated rings. The minimum absolute atomic E-state index is 0.241. The summed E-state index contributed by atoms with van der Waals surface area (Å²) in [5.41, 5.74) is 1.24. The van der Waals surface area contributed by atoms with E-state index in [1.807, 2.05) is 18.2 Å². The molecule has 0 saturated carbocycles. The number of carbonyl (C=O) groups excluding carboxylic acids is 2. The highest BCUT2D eigenvalue weighted by Gasteiger charge is 2.48. The molecule has 0 spiro atoms. The van der Waals surface area contributed by atoms with Gasteiger partial charge in [-0.05, 0) is 18.4 Å². The number of benzene rings is 1. The number of fused-ring (bicyclic) bond motifs is 1. The molecule has 1 N–H and O–H groups in total. The fourth-order valence-corrected chi connectivity index (χ4v) is 5.59. The van der Waals surface area contributed by atoms with Crippen LogP contribution in [-0.2, 0) is 11.2 Å². The third-order valence-electron chi connectivity index (χ3n) is 6.54. The van der Waals surface area contributed by atoms with Crippen LogP contribution in [0.1, 0.15) is 76.7 Å². The smallest absolute Gasteiger partial charge is 0.325 e. The van der Waals surface area contributed by atoms with Crippen molar-refractivity contribution in [2.75, 3.05) is 19.3 Å². The highest BCUT2D eigenvalue weighted by atomic mass is 32.2. The van der Waals surface area contributed by atoms with Crippen molar-refractivity contribution < 1.29 is 9.59 Å². The number of nitrogens with zero attached hydrogens (tertiary/aromatic N) is 3. The number of urea groups is 1. The van der Waals surface area contributed by atoms with Crippen LogP contribution in [0.5, 0.6) is 0 Å². The summed E-state index contributed by atoms with van der Waals surface area (Å²) in [5.74, 6) is 0.755. The molecule has 1 aromatic carbocycles. The van der Waals surface area contributed by atoms with Gasteiger partial charge in [0.1, 0.15) is 0 Å². The van der Waals surface area contributed by atoms with Crippen LogP contribution in [0.4, 0.5) is 4.79 Å². The Kier molecular flexibility index (Phi) is 10.6. The van der Waals surface area contributed by atoms with E-state index in [4.69, 9.17) is 4.99 Å². The second-order valence-electron chi connectivity index (χ2n) is 9.13. The number of aliphatic imine (C=N–C) groups is 1. The molecule has 0 aliphatic carbocycles. The Labute approximate surface area is 203 Å². The number of hydrogen-bond acceptors (Lipinski definition) is 5. The minimum atomic E-state index is -0.438. The van der Waals surface area contributed by atoms with Crippen molar-refractivity contribution in [1.82, 2.24) is 15.1 Å². The predicted molar refractivity (Wildman–Crippen MR) is 137 cm³/mol. The summed E-state index contributed by atoms with van der Waals surface area (Å²) in [5, 5.41) is 3.38. The van der Waals surface area contributed by atoms with Gasteiger partial charge in [0.15, 0.2) is 17.4 Å². The minimum Gasteiger partial charge on any atom is -0.335 e. The number of thioether (sulfide) groups is 1. The highest BCUT2D eigenvalue weighted by molar-refractivity contribution is 8.13. The molecule has 3 rings (SSSR count). The second kappa shape index (κ2) is 13.6. The third-order valence-corrected chi connectivity index (χ3v) is 7.63. The van der Waals surface area contributed by atoms with Crippen molar-refractivity contribution in [3.05, 3.63) is 35.9 Å². The lowest BCUT2D eigenvalue weighted by Gasteiger charge is -2.36. The highest BCUT2D eigenvalue weighted by Crippen LogP contribution is 2.29. The monoisotopic (exact) mass is 472 g/mol. The SMILES string of the molecule is CCCCCCCCCCCCSC1=NC2C(C(=O)NC(=O)N2C)N1CCc1ccccc1. The lowest BCUT2D eigenvalue weighted by molar-refractivity contribution is -0.127. The van der Waals surface area contributed by atoms with E-state index < -0.39 is 12.2 Å². The lowest BCUT2D eigenvalue weighted by atomic mass is 10.1. The number of imide groups is 1. The molecule has 2 atom stereocenters. The fraction of sp³-hybridized carbons (Fsp3) is 0.654. The first kappa shape index (κ1) is 25.6. The van der Waals surface area contributed by atoms with Crippen LogP contribution in [0.25, 0.3) is 0 Å². The molecule has 182 valence electrons. The quantitative estimate of drug-likeness (QED) is 0.367. The Balaban J connectivity index is 1.46. The number of hydrogen-bond donors (Lipinski definition) is 1. The zero-order valence-electron chi connectivity index (χ0n) is 20.3. The van der Waals surface area contributed by atoms with Crippen molar-refractivity contribution in [3.63, 3.8) is 0 Å². The topological polar surface area (TPSA) is 65.0 Å². The maximum absolute atomic E-state index is 12.7. The summed E-state index contributed by atoms with van der Waals surface area (Å²) in [6.07, 6.45) is 13.6. The number of amides is 3. The molecule has 1 aromatic rings. The number of likely N-dealkylation sites (N-methyl/N-ethyl adjacent to an activating group) is 1. The number of amidine groups is 1. The Morgan fingerprint density at radius 2 is 1.58 bits per heavy atom. The number of unbranched alkanes of at least 4 members (excludes halogenated alkanes) is 9. The lowest BCUT2D eigenvalue weighted by Crippen LogP contribution is -2.63. The number of carbonyl (C=O) groups is 2. The second-order valence-corrected chi connectivity index (χ2v) is 10.2. The van der Waals surface area contributed by atoms with Crippen molar-refractivity contribution in [2.24, 2.45) is 4.99 Å². The van der Waals surface area contributed by atoms with E-state index in [-0.39, 0.29) is 11.9 Å². The Bertz CT molecular complexity index is 786. The van der Waals surface area contributed by atoms with E-state index >= 15 is 0 Å². The molecule has 1 saturated heterocycles. The van der Waals surface area contributed by atoms with Crippen LogP contribution in [-0.4, -0.2) is 58.5 Å².